The minimum atomic E-state index is -0.225. The lowest BCUT2D eigenvalue weighted by Gasteiger charge is -2.02. The van der Waals surface area contributed by atoms with Crippen molar-refractivity contribution >= 4 is 11.8 Å². The highest BCUT2D eigenvalue weighted by atomic mass is 32.2. The highest BCUT2D eigenvalue weighted by molar-refractivity contribution is 7.98. The van der Waals surface area contributed by atoms with Crippen LogP contribution in [0.1, 0.15) is 17.5 Å². The molecule has 17 heavy (non-hydrogen) atoms. The highest BCUT2D eigenvalue weighted by Crippen LogP contribution is 2.16. The third-order valence-corrected chi connectivity index (χ3v) is 3.00. The molecular formula is C14H15FOS. The Balaban J connectivity index is 2.66. The van der Waals surface area contributed by atoms with Crippen LogP contribution in [0.5, 0.6) is 0 Å². The molecule has 3 heteroatoms. The summed E-state index contributed by atoms with van der Waals surface area (Å²) in [6, 6.07) is 5.00. The van der Waals surface area contributed by atoms with Gasteiger partial charge in [0.25, 0.3) is 0 Å². The Morgan fingerprint density at radius 2 is 2.29 bits per heavy atom. The number of hydrogen-bond donors (Lipinski definition) is 1. The average molecular weight is 250 g/mol. The smallest absolute Gasteiger partial charge is 0.128 e. The molecule has 1 aromatic rings. The van der Waals surface area contributed by atoms with Crippen molar-refractivity contribution in [2.24, 2.45) is 0 Å². The van der Waals surface area contributed by atoms with Crippen LogP contribution in [0.4, 0.5) is 4.39 Å². The normalized spacial score (nSPS) is 9.53. The zero-order valence-corrected chi connectivity index (χ0v) is 10.4. The summed E-state index contributed by atoms with van der Waals surface area (Å²) < 4.78 is 13.6. The van der Waals surface area contributed by atoms with Crippen molar-refractivity contribution in [2.45, 2.75) is 12.2 Å². The van der Waals surface area contributed by atoms with E-state index in [1.54, 1.807) is 30.0 Å². The SMILES string of the molecule is C=CCSCc1ccc(C#CCCO)cc1F. The first-order valence-electron chi connectivity index (χ1n) is 5.34. The van der Waals surface area contributed by atoms with E-state index in [1.807, 2.05) is 0 Å². The van der Waals surface area contributed by atoms with Crippen LogP contribution in [-0.2, 0) is 5.75 Å². The van der Waals surface area contributed by atoms with Crippen molar-refractivity contribution in [1.82, 2.24) is 0 Å². The Morgan fingerprint density at radius 1 is 1.47 bits per heavy atom. The summed E-state index contributed by atoms with van der Waals surface area (Å²) >= 11 is 1.62. The molecule has 90 valence electrons. The number of benzene rings is 1. The minimum Gasteiger partial charge on any atom is -0.395 e. The number of halogens is 1. The second kappa shape index (κ2) is 7.94. The molecule has 0 atom stereocenters. The van der Waals surface area contributed by atoms with E-state index >= 15 is 0 Å². The number of thioether (sulfide) groups is 1. The highest BCUT2D eigenvalue weighted by Gasteiger charge is 2.02. The lowest BCUT2D eigenvalue weighted by atomic mass is 10.1. The van der Waals surface area contributed by atoms with Crippen LogP contribution < -0.4 is 0 Å². The Kier molecular flexibility index (Phi) is 6.46. The summed E-state index contributed by atoms with van der Waals surface area (Å²) in [5.41, 5.74) is 1.33. The van der Waals surface area contributed by atoms with Gasteiger partial charge in [-0.3, -0.25) is 0 Å². The molecule has 0 aromatic heterocycles. The van der Waals surface area contributed by atoms with E-state index in [-0.39, 0.29) is 12.4 Å². The van der Waals surface area contributed by atoms with Gasteiger partial charge in [-0.15, -0.1) is 6.58 Å². The van der Waals surface area contributed by atoms with Gasteiger partial charge in [0, 0.05) is 23.5 Å². The van der Waals surface area contributed by atoms with Gasteiger partial charge in [-0.2, -0.15) is 11.8 Å². The van der Waals surface area contributed by atoms with Crippen molar-refractivity contribution in [3.63, 3.8) is 0 Å². The molecule has 1 N–H and O–H groups in total. The second-order valence-corrected chi connectivity index (χ2v) is 4.42. The van der Waals surface area contributed by atoms with Crippen LogP contribution in [0.15, 0.2) is 30.9 Å². The van der Waals surface area contributed by atoms with E-state index < -0.39 is 0 Å². The van der Waals surface area contributed by atoms with Crippen LogP contribution in [-0.4, -0.2) is 17.5 Å². The number of rotatable bonds is 5. The van der Waals surface area contributed by atoms with Gasteiger partial charge in [0.15, 0.2) is 0 Å². The summed E-state index contributed by atoms with van der Waals surface area (Å²) in [4.78, 5) is 0. The van der Waals surface area contributed by atoms with Crippen LogP contribution in [0.25, 0.3) is 0 Å². The van der Waals surface area contributed by atoms with Gasteiger partial charge in [0.1, 0.15) is 5.82 Å². The summed E-state index contributed by atoms with van der Waals surface area (Å²) in [5, 5.41) is 8.58. The van der Waals surface area contributed by atoms with E-state index in [9.17, 15) is 4.39 Å². The summed E-state index contributed by atoms with van der Waals surface area (Å²) in [6.45, 7) is 3.65. The molecule has 0 spiro atoms. The number of aliphatic hydroxyl groups excluding tert-OH is 1. The molecule has 0 aliphatic rings. The molecule has 0 radical (unpaired) electrons. The quantitative estimate of drug-likeness (QED) is 0.492. The van der Waals surface area contributed by atoms with E-state index in [4.69, 9.17) is 5.11 Å². The van der Waals surface area contributed by atoms with Gasteiger partial charge in [-0.25, -0.2) is 4.39 Å². The van der Waals surface area contributed by atoms with Crippen LogP contribution in [0, 0.1) is 17.7 Å². The van der Waals surface area contributed by atoms with Crippen molar-refractivity contribution in [1.29, 1.82) is 0 Å². The van der Waals surface area contributed by atoms with Crippen LogP contribution in [0.3, 0.4) is 0 Å². The Bertz CT molecular complexity index is 432. The first-order chi connectivity index (χ1) is 8.27. The van der Waals surface area contributed by atoms with Crippen molar-refractivity contribution in [3.05, 3.63) is 47.8 Å². The summed E-state index contributed by atoms with van der Waals surface area (Å²) in [7, 11) is 0. The molecule has 0 saturated heterocycles. The maximum atomic E-state index is 13.6. The van der Waals surface area contributed by atoms with E-state index in [2.05, 4.69) is 18.4 Å². The van der Waals surface area contributed by atoms with E-state index in [1.165, 1.54) is 6.07 Å². The van der Waals surface area contributed by atoms with Crippen molar-refractivity contribution in [3.8, 4) is 11.8 Å². The molecule has 0 saturated carbocycles. The summed E-state index contributed by atoms with van der Waals surface area (Å²) in [5.74, 6) is 6.81. The molecule has 1 rings (SSSR count). The predicted molar refractivity (Wildman–Crippen MR) is 71.3 cm³/mol. The zero-order chi connectivity index (χ0) is 12.5. The van der Waals surface area contributed by atoms with E-state index in [0.717, 1.165) is 5.75 Å². The molecule has 1 nitrogen and oxygen atoms in total. The molecule has 0 fully saturated rings. The van der Waals surface area contributed by atoms with Gasteiger partial charge in [0.05, 0.1) is 6.61 Å². The van der Waals surface area contributed by atoms with Gasteiger partial charge < -0.3 is 5.11 Å². The lowest BCUT2D eigenvalue weighted by molar-refractivity contribution is 0.305. The first-order valence-corrected chi connectivity index (χ1v) is 6.50. The Hall–Kier alpha value is -1.24. The molecular weight excluding hydrogens is 235 g/mol. The van der Waals surface area contributed by atoms with Crippen molar-refractivity contribution in [2.75, 3.05) is 12.4 Å². The summed E-state index contributed by atoms with van der Waals surface area (Å²) in [6.07, 6.45) is 2.22. The topological polar surface area (TPSA) is 20.2 Å². The average Bonchev–Trinajstić information content (AvgIpc) is 2.32. The number of hydrogen-bond acceptors (Lipinski definition) is 2. The largest absolute Gasteiger partial charge is 0.395 e. The third kappa shape index (κ3) is 5.08. The molecule has 0 unspecified atom stereocenters. The Morgan fingerprint density at radius 3 is 2.94 bits per heavy atom. The van der Waals surface area contributed by atoms with Gasteiger partial charge in [-0.1, -0.05) is 24.0 Å². The Labute approximate surface area is 106 Å². The molecule has 1 aromatic carbocycles. The minimum absolute atomic E-state index is 0.0335. The fourth-order valence-electron chi connectivity index (χ4n) is 1.21. The maximum Gasteiger partial charge on any atom is 0.128 e. The lowest BCUT2D eigenvalue weighted by Crippen LogP contribution is -1.89. The fourth-order valence-corrected chi connectivity index (χ4v) is 1.95. The molecule has 0 bridgehead atoms. The molecule has 0 amide bonds. The van der Waals surface area contributed by atoms with Gasteiger partial charge in [-0.05, 0) is 17.7 Å². The van der Waals surface area contributed by atoms with Gasteiger partial charge in [0.2, 0.25) is 0 Å². The molecule has 0 aliphatic carbocycles. The fraction of sp³-hybridized carbons (Fsp3) is 0.286. The third-order valence-electron chi connectivity index (χ3n) is 2.02. The molecule has 0 heterocycles. The standard InChI is InChI=1S/C14H15FOS/c1-2-9-17-11-13-7-6-12(10-14(13)15)5-3-4-8-16/h2,6-7,10,16H,1,4,8-9,11H2. The maximum absolute atomic E-state index is 13.6. The second-order valence-electron chi connectivity index (χ2n) is 3.39. The predicted octanol–water partition coefficient (Wildman–Crippen LogP) is 2.98. The van der Waals surface area contributed by atoms with E-state index in [0.29, 0.717) is 23.3 Å². The monoisotopic (exact) mass is 250 g/mol. The van der Waals surface area contributed by atoms with Crippen LogP contribution >= 0.6 is 11.8 Å². The number of aliphatic hydroxyl groups is 1. The van der Waals surface area contributed by atoms with Crippen LogP contribution in [0.2, 0.25) is 0 Å². The zero-order valence-electron chi connectivity index (χ0n) is 9.58. The first kappa shape index (κ1) is 13.8. The molecule has 0 aliphatic heterocycles. The van der Waals surface area contributed by atoms with Gasteiger partial charge >= 0.3 is 0 Å². The van der Waals surface area contributed by atoms with Crippen molar-refractivity contribution < 1.29 is 9.50 Å².